The van der Waals surface area contributed by atoms with Gasteiger partial charge in [-0.3, -0.25) is 4.79 Å². The topological polar surface area (TPSA) is 72.8 Å². The summed E-state index contributed by atoms with van der Waals surface area (Å²) in [7, 11) is 0. The predicted octanol–water partition coefficient (Wildman–Crippen LogP) is 2.93. The van der Waals surface area contributed by atoms with E-state index in [-0.39, 0.29) is 18.8 Å². The molecule has 1 heterocycles. The van der Waals surface area contributed by atoms with Crippen molar-refractivity contribution in [1.82, 2.24) is 0 Å². The van der Waals surface area contributed by atoms with Crippen LogP contribution < -0.4 is 0 Å². The van der Waals surface area contributed by atoms with Crippen molar-refractivity contribution in [2.75, 3.05) is 6.61 Å². The molecule has 0 aromatic heterocycles. The third kappa shape index (κ3) is 4.19. The Balaban J connectivity index is 2.36. The summed E-state index contributed by atoms with van der Waals surface area (Å²) in [6.07, 6.45) is -3.38. The van der Waals surface area contributed by atoms with Crippen molar-refractivity contribution < 1.29 is 37.3 Å². The normalized spacial score (nSPS) is 23.4. The van der Waals surface area contributed by atoms with Crippen molar-refractivity contribution in [2.24, 2.45) is 0 Å². The van der Waals surface area contributed by atoms with Gasteiger partial charge in [-0.15, -0.1) is 0 Å². The van der Waals surface area contributed by atoms with Crippen LogP contribution in [0.15, 0.2) is 36.1 Å². The van der Waals surface area contributed by atoms with Crippen LogP contribution in [0, 0.1) is 0 Å². The number of allylic oxidation sites excluding steroid dienone is 2. The molecule has 0 saturated heterocycles. The number of ketones is 1. The number of aliphatic hydroxyl groups is 1. The van der Waals surface area contributed by atoms with Gasteiger partial charge in [-0.25, -0.2) is 4.79 Å². The highest BCUT2D eigenvalue weighted by Gasteiger charge is 2.46. The summed E-state index contributed by atoms with van der Waals surface area (Å²) >= 11 is 0. The number of alkyl halides is 3. The van der Waals surface area contributed by atoms with Gasteiger partial charge in [0.1, 0.15) is 0 Å². The molecule has 1 aromatic rings. The molecule has 0 spiro atoms. The number of halogens is 3. The van der Waals surface area contributed by atoms with Crippen molar-refractivity contribution in [3.63, 3.8) is 0 Å². The highest BCUT2D eigenvalue weighted by atomic mass is 19.4. The number of esters is 1. The molecule has 5 nitrogen and oxygen atoms in total. The zero-order valence-corrected chi connectivity index (χ0v) is 13.6. The Morgan fingerprint density at radius 3 is 2.40 bits per heavy atom. The van der Waals surface area contributed by atoms with Gasteiger partial charge < -0.3 is 14.6 Å². The first-order valence-corrected chi connectivity index (χ1v) is 7.55. The lowest BCUT2D eigenvalue weighted by Gasteiger charge is -2.34. The number of ether oxygens (including phenoxy) is 2. The standard InChI is InChI=1S/C17H17F3O5/c1-3-24-15(22)16(23)9-12(8-14(25-16)10(2)21)11-4-6-13(7-5-11)17(18,19)20/h4-8,12,23H,3,9H2,1-2H3. The van der Waals surface area contributed by atoms with E-state index in [2.05, 4.69) is 0 Å². The lowest BCUT2D eigenvalue weighted by Crippen LogP contribution is -2.46. The zero-order chi connectivity index (χ0) is 18.8. The zero-order valence-electron chi connectivity index (χ0n) is 13.6. The van der Waals surface area contributed by atoms with Crippen molar-refractivity contribution in [3.05, 3.63) is 47.2 Å². The number of rotatable bonds is 4. The molecular weight excluding hydrogens is 341 g/mol. The van der Waals surface area contributed by atoms with Gasteiger partial charge in [0.15, 0.2) is 11.5 Å². The fourth-order valence-corrected chi connectivity index (χ4v) is 2.49. The summed E-state index contributed by atoms with van der Waals surface area (Å²) in [4.78, 5) is 23.6. The molecule has 1 N–H and O–H groups in total. The molecule has 2 unspecified atom stereocenters. The highest BCUT2D eigenvalue weighted by molar-refractivity contribution is 5.92. The Hall–Kier alpha value is -2.35. The molecule has 8 heteroatoms. The van der Waals surface area contributed by atoms with Gasteiger partial charge in [-0.05, 0) is 30.7 Å². The largest absolute Gasteiger partial charge is 0.461 e. The molecule has 0 amide bonds. The Morgan fingerprint density at radius 1 is 1.32 bits per heavy atom. The molecule has 0 aliphatic carbocycles. The lowest BCUT2D eigenvalue weighted by atomic mass is 9.88. The van der Waals surface area contributed by atoms with Crippen LogP contribution in [-0.4, -0.2) is 29.3 Å². The van der Waals surface area contributed by atoms with Crippen LogP contribution in [0.2, 0.25) is 0 Å². The van der Waals surface area contributed by atoms with Gasteiger partial charge >= 0.3 is 17.9 Å². The third-order valence-corrected chi connectivity index (χ3v) is 3.74. The summed E-state index contributed by atoms with van der Waals surface area (Å²) in [5.74, 6) is -4.90. The summed E-state index contributed by atoms with van der Waals surface area (Å²) in [6, 6.07) is 4.27. The minimum atomic E-state index is -4.47. The van der Waals surface area contributed by atoms with E-state index in [4.69, 9.17) is 9.47 Å². The van der Waals surface area contributed by atoms with Crippen molar-refractivity contribution >= 4 is 11.8 Å². The minimum Gasteiger partial charge on any atom is -0.461 e. The van der Waals surface area contributed by atoms with E-state index >= 15 is 0 Å². The van der Waals surface area contributed by atoms with Crippen molar-refractivity contribution in [3.8, 4) is 0 Å². The number of benzene rings is 1. The quantitative estimate of drug-likeness (QED) is 0.838. The molecule has 1 aliphatic heterocycles. The maximum absolute atomic E-state index is 12.7. The average Bonchev–Trinajstić information content (AvgIpc) is 2.54. The predicted molar refractivity (Wildman–Crippen MR) is 80.2 cm³/mol. The van der Waals surface area contributed by atoms with E-state index in [9.17, 15) is 27.9 Å². The fraction of sp³-hybridized carbons (Fsp3) is 0.412. The van der Waals surface area contributed by atoms with Gasteiger partial charge in [0, 0.05) is 19.3 Å². The second kappa shape index (κ2) is 6.87. The summed E-state index contributed by atoms with van der Waals surface area (Å²) in [5, 5.41) is 10.4. The maximum Gasteiger partial charge on any atom is 0.416 e. The Kier molecular flexibility index (Phi) is 5.22. The van der Waals surface area contributed by atoms with Crippen LogP contribution in [0.3, 0.4) is 0 Å². The van der Waals surface area contributed by atoms with E-state index < -0.39 is 35.2 Å². The molecule has 0 bridgehead atoms. The first-order chi connectivity index (χ1) is 11.6. The van der Waals surface area contributed by atoms with Crippen LogP contribution in [0.4, 0.5) is 13.2 Å². The molecule has 1 aliphatic rings. The van der Waals surface area contributed by atoms with Gasteiger partial charge in [-0.2, -0.15) is 13.2 Å². The molecule has 25 heavy (non-hydrogen) atoms. The monoisotopic (exact) mass is 358 g/mol. The van der Waals surface area contributed by atoms with Crippen LogP contribution in [0.1, 0.15) is 37.3 Å². The summed E-state index contributed by atoms with van der Waals surface area (Å²) in [6.45, 7) is 2.72. The van der Waals surface area contributed by atoms with E-state index in [1.54, 1.807) is 6.92 Å². The molecule has 0 saturated carbocycles. The summed E-state index contributed by atoms with van der Waals surface area (Å²) < 4.78 is 47.8. The first-order valence-electron chi connectivity index (χ1n) is 7.55. The SMILES string of the molecule is CCOC(=O)C1(O)CC(c2ccc(C(F)(F)F)cc2)C=C(C(C)=O)O1. The van der Waals surface area contributed by atoms with Gasteiger partial charge in [0.25, 0.3) is 0 Å². The van der Waals surface area contributed by atoms with Crippen LogP contribution in [0.25, 0.3) is 0 Å². The van der Waals surface area contributed by atoms with Gasteiger partial charge in [0.2, 0.25) is 0 Å². The fourth-order valence-electron chi connectivity index (χ4n) is 2.49. The molecule has 2 rings (SSSR count). The van der Waals surface area contributed by atoms with E-state index in [1.165, 1.54) is 25.1 Å². The average molecular weight is 358 g/mol. The lowest BCUT2D eigenvalue weighted by molar-refractivity contribution is -0.221. The number of hydrogen-bond donors (Lipinski definition) is 1. The van der Waals surface area contributed by atoms with E-state index in [0.717, 1.165) is 12.1 Å². The Morgan fingerprint density at radius 2 is 1.92 bits per heavy atom. The van der Waals surface area contributed by atoms with Gasteiger partial charge in [0.05, 0.1) is 12.2 Å². The molecular formula is C17H17F3O5. The number of Topliss-reactive ketones (excluding diaryl/α,β-unsaturated/α-hetero) is 1. The number of hydrogen-bond acceptors (Lipinski definition) is 5. The van der Waals surface area contributed by atoms with Crippen molar-refractivity contribution in [1.29, 1.82) is 0 Å². The van der Waals surface area contributed by atoms with Crippen LogP contribution in [0.5, 0.6) is 0 Å². The third-order valence-electron chi connectivity index (χ3n) is 3.74. The van der Waals surface area contributed by atoms with Crippen LogP contribution in [-0.2, 0) is 25.2 Å². The van der Waals surface area contributed by atoms with E-state index in [1.807, 2.05) is 0 Å². The second-order valence-corrected chi connectivity index (χ2v) is 5.62. The number of carbonyl (C=O) groups excluding carboxylic acids is 2. The summed E-state index contributed by atoms with van der Waals surface area (Å²) in [5.41, 5.74) is -0.419. The second-order valence-electron chi connectivity index (χ2n) is 5.62. The van der Waals surface area contributed by atoms with Gasteiger partial charge in [-0.1, -0.05) is 12.1 Å². The Labute approximate surface area is 142 Å². The molecule has 0 radical (unpaired) electrons. The number of carbonyl (C=O) groups is 2. The molecule has 136 valence electrons. The molecule has 2 atom stereocenters. The van der Waals surface area contributed by atoms with Crippen molar-refractivity contribution in [2.45, 2.75) is 38.1 Å². The molecule has 0 fully saturated rings. The first kappa shape index (κ1) is 19.0. The maximum atomic E-state index is 12.7. The minimum absolute atomic E-state index is 0.00539. The smallest absolute Gasteiger partial charge is 0.416 e. The van der Waals surface area contributed by atoms with Crippen LogP contribution >= 0.6 is 0 Å². The van der Waals surface area contributed by atoms with E-state index in [0.29, 0.717) is 5.56 Å². The highest BCUT2D eigenvalue weighted by Crippen LogP contribution is 2.38. The molecule has 1 aromatic carbocycles. The Bertz CT molecular complexity index is 693.